The number of rotatable bonds is 6. The summed E-state index contributed by atoms with van der Waals surface area (Å²) in [4.78, 5) is 21.7. The van der Waals surface area contributed by atoms with E-state index in [0.29, 0.717) is 6.54 Å². The topological polar surface area (TPSA) is 64.1 Å². The van der Waals surface area contributed by atoms with Crippen molar-refractivity contribution < 1.29 is 13.9 Å². The summed E-state index contributed by atoms with van der Waals surface area (Å²) < 4.78 is 18.8. The Morgan fingerprint density at radius 1 is 1.33 bits per heavy atom. The van der Waals surface area contributed by atoms with Gasteiger partial charge >= 0.3 is 0 Å². The smallest absolute Gasteiger partial charge is 0.230 e. The monoisotopic (exact) mass is 403 g/mol. The summed E-state index contributed by atoms with van der Waals surface area (Å²) in [6, 6.07) is 6.36. The molecule has 3 heterocycles. The third kappa shape index (κ3) is 4.28. The van der Waals surface area contributed by atoms with Gasteiger partial charge < -0.3 is 10.1 Å². The van der Waals surface area contributed by atoms with Crippen LogP contribution in [0.1, 0.15) is 12.8 Å². The lowest BCUT2D eigenvalue weighted by Crippen LogP contribution is -2.32. The van der Waals surface area contributed by atoms with Gasteiger partial charge in [-0.3, -0.25) is 4.79 Å². The highest BCUT2D eigenvalue weighted by Crippen LogP contribution is 2.37. The molecule has 0 bridgehead atoms. The van der Waals surface area contributed by atoms with Gasteiger partial charge in [-0.15, -0.1) is 11.3 Å². The highest BCUT2D eigenvalue weighted by atomic mass is 32.2. The molecule has 2 aromatic heterocycles. The minimum Gasteiger partial charge on any atom is -0.376 e. The van der Waals surface area contributed by atoms with Crippen molar-refractivity contribution in [2.75, 3.05) is 18.9 Å². The average molecular weight is 404 g/mol. The van der Waals surface area contributed by atoms with Gasteiger partial charge in [0, 0.05) is 24.1 Å². The lowest BCUT2D eigenvalue weighted by molar-refractivity contribution is -0.119. The molecule has 8 heteroatoms. The standard InChI is InChI=1S/C19H18FN3O2S2/c20-13-5-3-12(4-6-13)15-9-26-18-17(15)19(23-11-22-18)27-10-16(24)21-8-14-2-1-7-25-14/h3-6,9,11,14H,1-2,7-8,10H2,(H,21,24). The number of thioether (sulfide) groups is 1. The highest BCUT2D eigenvalue weighted by molar-refractivity contribution is 8.00. The summed E-state index contributed by atoms with van der Waals surface area (Å²) in [6.45, 7) is 1.33. The molecule has 1 amide bonds. The summed E-state index contributed by atoms with van der Waals surface area (Å²) in [5.41, 5.74) is 1.86. The number of benzene rings is 1. The van der Waals surface area contributed by atoms with Crippen LogP contribution in [-0.2, 0) is 9.53 Å². The largest absolute Gasteiger partial charge is 0.376 e. The molecule has 1 fully saturated rings. The van der Waals surface area contributed by atoms with Gasteiger partial charge in [-0.2, -0.15) is 0 Å². The Kier molecular flexibility index (Phi) is 5.66. The number of hydrogen-bond acceptors (Lipinski definition) is 6. The Bertz CT molecular complexity index is 940. The number of halogens is 1. The van der Waals surface area contributed by atoms with E-state index >= 15 is 0 Å². The SMILES string of the molecule is O=C(CSc1ncnc2scc(-c3ccc(F)cc3)c12)NCC1CCCO1. The molecule has 4 rings (SSSR count). The molecule has 0 aliphatic carbocycles. The molecule has 1 N–H and O–H groups in total. The van der Waals surface area contributed by atoms with E-state index in [9.17, 15) is 9.18 Å². The molecule has 1 aromatic carbocycles. The van der Waals surface area contributed by atoms with E-state index in [1.165, 1.54) is 41.6 Å². The van der Waals surface area contributed by atoms with E-state index in [2.05, 4.69) is 15.3 Å². The van der Waals surface area contributed by atoms with Crippen LogP contribution in [0, 0.1) is 5.82 Å². The second-order valence-corrected chi connectivity index (χ2v) is 8.07. The summed E-state index contributed by atoms with van der Waals surface area (Å²) >= 11 is 2.90. The van der Waals surface area contributed by atoms with Gasteiger partial charge in [0.05, 0.1) is 17.2 Å². The molecule has 1 saturated heterocycles. The number of amides is 1. The quantitative estimate of drug-likeness (QED) is 0.500. The van der Waals surface area contributed by atoms with Gasteiger partial charge in [-0.1, -0.05) is 23.9 Å². The van der Waals surface area contributed by atoms with Crippen molar-refractivity contribution >= 4 is 39.2 Å². The number of hydrogen-bond donors (Lipinski definition) is 1. The summed E-state index contributed by atoms with van der Waals surface area (Å²) in [7, 11) is 0. The van der Waals surface area contributed by atoms with E-state index < -0.39 is 0 Å². The van der Waals surface area contributed by atoms with Crippen molar-refractivity contribution in [1.82, 2.24) is 15.3 Å². The second-order valence-electron chi connectivity index (χ2n) is 6.24. The zero-order chi connectivity index (χ0) is 18.6. The zero-order valence-corrected chi connectivity index (χ0v) is 16.1. The normalized spacial score (nSPS) is 16.7. The van der Waals surface area contributed by atoms with Gasteiger partial charge in [0.25, 0.3) is 0 Å². The fourth-order valence-electron chi connectivity index (χ4n) is 3.02. The summed E-state index contributed by atoms with van der Waals surface area (Å²) in [5, 5.41) is 6.58. The molecule has 1 unspecified atom stereocenters. The Morgan fingerprint density at radius 3 is 2.96 bits per heavy atom. The first-order chi connectivity index (χ1) is 13.2. The third-order valence-corrected chi connectivity index (χ3v) is 6.26. The van der Waals surface area contributed by atoms with Crippen LogP contribution in [0.2, 0.25) is 0 Å². The Balaban J connectivity index is 1.49. The fourth-order valence-corrected chi connectivity index (χ4v) is 4.84. The molecule has 1 aliphatic heterocycles. The first-order valence-corrected chi connectivity index (χ1v) is 10.6. The number of nitrogens with one attached hydrogen (secondary N) is 1. The van der Waals surface area contributed by atoms with E-state index in [0.717, 1.165) is 45.8 Å². The van der Waals surface area contributed by atoms with Gasteiger partial charge in [-0.25, -0.2) is 14.4 Å². The number of fused-ring (bicyclic) bond motifs is 1. The fraction of sp³-hybridized carbons (Fsp3) is 0.316. The maximum absolute atomic E-state index is 13.2. The molecule has 1 aliphatic rings. The molecule has 0 radical (unpaired) electrons. The van der Waals surface area contributed by atoms with E-state index in [4.69, 9.17) is 4.74 Å². The predicted molar refractivity (Wildman–Crippen MR) is 106 cm³/mol. The van der Waals surface area contributed by atoms with Crippen molar-refractivity contribution in [3.05, 3.63) is 41.8 Å². The molecule has 27 heavy (non-hydrogen) atoms. The van der Waals surface area contributed by atoms with Crippen LogP contribution in [0.3, 0.4) is 0 Å². The van der Waals surface area contributed by atoms with E-state index in [1.807, 2.05) is 5.38 Å². The van der Waals surface area contributed by atoms with Crippen molar-refractivity contribution in [3.8, 4) is 11.1 Å². The minimum absolute atomic E-state index is 0.0409. The predicted octanol–water partition coefficient (Wildman–Crippen LogP) is 3.88. The van der Waals surface area contributed by atoms with Crippen LogP contribution in [0.4, 0.5) is 4.39 Å². The Morgan fingerprint density at radius 2 is 2.19 bits per heavy atom. The highest BCUT2D eigenvalue weighted by Gasteiger charge is 2.17. The van der Waals surface area contributed by atoms with Gasteiger partial charge in [0.15, 0.2) is 0 Å². The first-order valence-electron chi connectivity index (χ1n) is 8.70. The number of thiophene rings is 1. The molecule has 5 nitrogen and oxygen atoms in total. The Hall–Kier alpha value is -2.03. The van der Waals surface area contributed by atoms with Crippen LogP contribution in [0.15, 0.2) is 41.0 Å². The number of aromatic nitrogens is 2. The lowest BCUT2D eigenvalue weighted by atomic mass is 10.1. The van der Waals surface area contributed by atoms with Crippen LogP contribution in [0.25, 0.3) is 21.3 Å². The maximum Gasteiger partial charge on any atom is 0.230 e. The molecule has 3 aromatic rings. The second kappa shape index (κ2) is 8.33. The summed E-state index contributed by atoms with van der Waals surface area (Å²) in [6.07, 6.45) is 3.69. The number of carbonyl (C=O) groups is 1. The molecule has 1 atom stereocenters. The van der Waals surface area contributed by atoms with Crippen molar-refractivity contribution in [1.29, 1.82) is 0 Å². The maximum atomic E-state index is 13.2. The number of carbonyl (C=O) groups excluding carboxylic acids is 1. The molecular formula is C19H18FN3O2S2. The van der Waals surface area contributed by atoms with E-state index in [1.54, 1.807) is 12.1 Å². The lowest BCUT2D eigenvalue weighted by Gasteiger charge is -2.10. The number of ether oxygens (including phenoxy) is 1. The average Bonchev–Trinajstić information content (AvgIpc) is 3.35. The number of nitrogens with zero attached hydrogens (tertiary/aromatic N) is 2. The van der Waals surface area contributed by atoms with Crippen molar-refractivity contribution in [3.63, 3.8) is 0 Å². The third-order valence-electron chi connectivity index (χ3n) is 4.38. The molecule has 0 spiro atoms. The minimum atomic E-state index is -0.271. The van der Waals surface area contributed by atoms with Crippen LogP contribution >= 0.6 is 23.1 Å². The van der Waals surface area contributed by atoms with Gasteiger partial charge in [0.2, 0.25) is 5.91 Å². The molecular weight excluding hydrogens is 385 g/mol. The van der Waals surface area contributed by atoms with Gasteiger partial charge in [0.1, 0.15) is 22.0 Å². The zero-order valence-electron chi connectivity index (χ0n) is 14.5. The van der Waals surface area contributed by atoms with Crippen LogP contribution in [-0.4, -0.2) is 40.9 Å². The van der Waals surface area contributed by atoms with Gasteiger partial charge in [-0.05, 0) is 30.5 Å². The summed E-state index contributed by atoms with van der Waals surface area (Å²) in [5.74, 6) is -0.0368. The molecule has 0 saturated carbocycles. The Labute approximate surface area is 164 Å². The van der Waals surface area contributed by atoms with Crippen molar-refractivity contribution in [2.45, 2.75) is 24.0 Å². The van der Waals surface area contributed by atoms with E-state index in [-0.39, 0.29) is 23.6 Å². The first kappa shape index (κ1) is 18.3. The molecule has 140 valence electrons. The van der Waals surface area contributed by atoms with Crippen LogP contribution < -0.4 is 5.32 Å². The van der Waals surface area contributed by atoms with Crippen LogP contribution in [0.5, 0.6) is 0 Å². The van der Waals surface area contributed by atoms with Crippen molar-refractivity contribution in [2.24, 2.45) is 0 Å².